The number of quaternary nitrogens is 1. The molecule has 0 radical (unpaired) electrons. The second-order valence-corrected chi connectivity index (χ2v) is 8.46. The van der Waals surface area contributed by atoms with Crippen molar-refractivity contribution in [3.63, 3.8) is 0 Å². The van der Waals surface area contributed by atoms with Crippen LogP contribution < -0.4 is 4.90 Å². The van der Waals surface area contributed by atoms with Gasteiger partial charge < -0.3 is 4.90 Å². The normalized spacial score (nSPS) is 17.3. The number of aryl methyl sites for hydroxylation is 1. The van der Waals surface area contributed by atoms with Gasteiger partial charge in [-0.2, -0.15) is 0 Å². The molecule has 1 atom stereocenters. The summed E-state index contributed by atoms with van der Waals surface area (Å²) in [6.07, 6.45) is 2.37. The maximum Gasteiger partial charge on any atom is 0.184 e. The van der Waals surface area contributed by atoms with Crippen molar-refractivity contribution < 1.29 is 13.3 Å². The summed E-state index contributed by atoms with van der Waals surface area (Å²) in [5.74, 6) is 0.176. The van der Waals surface area contributed by atoms with Gasteiger partial charge in [0.25, 0.3) is 0 Å². The van der Waals surface area contributed by atoms with E-state index in [4.69, 9.17) is 0 Å². The highest BCUT2D eigenvalue weighted by Gasteiger charge is 2.32. The molecule has 0 amide bonds. The molecule has 3 nitrogen and oxygen atoms in total. The van der Waals surface area contributed by atoms with E-state index in [2.05, 4.69) is 12.1 Å². The van der Waals surface area contributed by atoms with Crippen molar-refractivity contribution in [2.24, 2.45) is 0 Å². The number of sulfone groups is 1. The number of hydrogen-bond donors (Lipinski definition) is 1. The zero-order valence-corrected chi connectivity index (χ0v) is 14.4. The van der Waals surface area contributed by atoms with Crippen molar-refractivity contribution in [3.8, 4) is 0 Å². The van der Waals surface area contributed by atoms with Crippen molar-refractivity contribution in [1.29, 1.82) is 0 Å². The molecule has 1 heterocycles. The van der Waals surface area contributed by atoms with Gasteiger partial charge in [0.2, 0.25) is 0 Å². The van der Waals surface area contributed by atoms with Gasteiger partial charge in [0.05, 0.1) is 18.0 Å². The van der Waals surface area contributed by atoms with Crippen LogP contribution in [0, 0.1) is 6.92 Å². The van der Waals surface area contributed by atoms with E-state index in [-0.39, 0.29) is 11.8 Å². The van der Waals surface area contributed by atoms with Crippen LogP contribution in [0.5, 0.6) is 0 Å². The van der Waals surface area contributed by atoms with Crippen molar-refractivity contribution in [1.82, 2.24) is 0 Å². The first-order valence-electron chi connectivity index (χ1n) is 8.25. The Morgan fingerprint density at radius 3 is 2.17 bits per heavy atom. The minimum absolute atomic E-state index is 0.0185. The van der Waals surface area contributed by atoms with Crippen LogP contribution >= 0.6 is 0 Å². The van der Waals surface area contributed by atoms with Crippen LogP contribution in [0.25, 0.3) is 0 Å². The standard InChI is InChI=1S/C19H23NO2S/c1-16-9-11-18(12-10-16)23(21,22)15-19(20-13-5-6-14-20)17-7-3-2-4-8-17/h2-4,7-12,19H,5-6,13-15H2,1H3/p+1/t19-/m1/s1. The summed E-state index contributed by atoms with van der Waals surface area (Å²) < 4.78 is 25.7. The van der Waals surface area contributed by atoms with E-state index in [1.54, 1.807) is 12.1 Å². The summed E-state index contributed by atoms with van der Waals surface area (Å²) in [6.45, 7) is 4.09. The van der Waals surface area contributed by atoms with E-state index >= 15 is 0 Å². The first-order chi connectivity index (χ1) is 11.1. The first kappa shape index (κ1) is 16.2. The Hall–Kier alpha value is -1.65. The predicted octanol–water partition coefficient (Wildman–Crippen LogP) is 2.19. The predicted molar refractivity (Wildman–Crippen MR) is 92.3 cm³/mol. The molecular formula is C19H24NO2S+. The summed E-state index contributed by atoms with van der Waals surface area (Å²) in [5.41, 5.74) is 2.20. The lowest BCUT2D eigenvalue weighted by molar-refractivity contribution is -0.917. The molecule has 23 heavy (non-hydrogen) atoms. The number of rotatable bonds is 5. The SMILES string of the molecule is Cc1ccc(S(=O)(=O)C[C@H](c2ccccc2)[NH+]2CCCC2)cc1. The van der Waals surface area contributed by atoms with Crippen LogP contribution in [0.15, 0.2) is 59.5 Å². The van der Waals surface area contributed by atoms with Crippen molar-refractivity contribution in [2.45, 2.75) is 30.7 Å². The summed E-state index contributed by atoms with van der Waals surface area (Å²) in [4.78, 5) is 1.83. The minimum Gasteiger partial charge on any atom is -0.328 e. The third-order valence-corrected chi connectivity index (χ3v) is 6.47. The smallest absolute Gasteiger partial charge is 0.184 e. The highest BCUT2D eigenvalue weighted by atomic mass is 32.2. The molecule has 1 N–H and O–H groups in total. The molecule has 0 aromatic heterocycles. The van der Waals surface area contributed by atoms with Gasteiger partial charge in [0.15, 0.2) is 9.84 Å². The van der Waals surface area contributed by atoms with Crippen LogP contribution in [0.2, 0.25) is 0 Å². The molecule has 1 fully saturated rings. The molecule has 1 aliphatic heterocycles. The Bertz CT molecular complexity index is 733. The summed E-state index contributed by atoms with van der Waals surface area (Å²) in [6, 6.07) is 17.3. The number of benzene rings is 2. The zero-order chi connectivity index (χ0) is 16.3. The van der Waals surface area contributed by atoms with Gasteiger partial charge in [-0.1, -0.05) is 48.0 Å². The Morgan fingerprint density at radius 1 is 0.957 bits per heavy atom. The zero-order valence-electron chi connectivity index (χ0n) is 13.5. The average molecular weight is 330 g/mol. The Labute approximate surface area is 138 Å². The third kappa shape index (κ3) is 3.82. The monoisotopic (exact) mass is 330 g/mol. The molecule has 0 saturated carbocycles. The molecule has 122 valence electrons. The maximum atomic E-state index is 12.9. The third-order valence-electron chi connectivity index (χ3n) is 4.71. The van der Waals surface area contributed by atoms with Gasteiger partial charge in [-0.15, -0.1) is 0 Å². The van der Waals surface area contributed by atoms with Crippen molar-refractivity contribution in [3.05, 3.63) is 65.7 Å². The summed E-state index contributed by atoms with van der Waals surface area (Å²) in [7, 11) is -3.28. The lowest BCUT2D eigenvalue weighted by Gasteiger charge is -2.25. The van der Waals surface area contributed by atoms with Gasteiger partial charge in [-0.05, 0) is 19.1 Å². The number of likely N-dealkylation sites (tertiary alicyclic amines) is 1. The van der Waals surface area contributed by atoms with Crippen LogP contribution in [0.4, 0.5) is 0 Å². The highest BCUT2D eigenvalue weighted by molar-refractivity contribution is 7.91. The molecule has 1 aliphatic rings. The quantitative estimate of drug-likeness (QED) is 0.913. The van der Waals surface area contributed by atoms with E-state index in [0.29, 0.717) is 4.90 Å². The Morgan fingerprint density at radius 2 is 1.57 bits per heavy atom. The fourth-order valence-electron chi connectivity index (χ4n) is 3.37. The van der Waals surface area contributed by atoms with Gasteiger partial charge in [-0.3, -0.25) is 0 Å². The van der Waals surface area contributed by atoms with E-state index in [1.807, 2.05) is 37.3 Å². The highest BCUT2D eigenvalue weighted by Crippen LogP contribution is 2.19. The fourth-order valence-corrected chi connectivity index (χ4v) is 4.98. The molecule has 3 rings (SSSR count). The number of nitrogens with one attached hydrogen (secondary N) is 1. The molecule has 1 saturated heterocycles. The second kappa shape index (κ2) is 6.85. The average Bonchev–Trinajstić information content (AvgIpc) is 3.08. The lowest BCUT2D eigenvalue weighted by atomic mass is 10.1. The van der Waals surface area contributed by atoms with Gasteiger partial charge in [0, 0.05) is 18.4 Å². The minimum atomic E-state index is -3.28. The molecule has 4 heteroatoms. The van der Waals surface area contributed by atoms with E-state index in [1.165, 1.54) is 17.7 Å². The van der Waals surface area contributed by atoms with Crippen LogP contribution in [-0.2, 0) is 9.84 Å². The molecule has 2 aromatic carbocycles. The molecular weight excluding hydrogens is 306 g/mol. The van der Waals surface area contributed by atoms with E-state index in [0.717, 1.165) is 24.2 Å². The Kier molecular flexibility index (Phi) is 4.83. The van der Waals surface area contributed by atoms with Crippen LogP contribution in [0.1, 0.15) is 30.0 Å². The molecule has 0 aliphatic carbocycles. The van der Waals surface area contributed by atoms with Gasteiger partial charge in [0.1, 0.15) is 11.8 Å². The van der Waals surface area contributed by atoms with E-state index in [9.17, 15) is 8.42 Å². The van der Waals surface area contributed by atoms with Gasteiger partial charge >= 0.3 is 0 Å². The summed E-state index contributed by atoms with van der Waals surface area (Å²) >= 11 is 0. The molecule has 0 unspecified atom stereocenters. The van der Waals surface area contributed by atoms with Gasteiger partial charge in [-0.25, -0.2) is 8.42 Å². The maximum absolute atomic E-state index is 12.9. The van der Waals surface area contributed by atoms with Crippen LogP contribution in [-0.4, -0.2) is 27.3 Å². The Balaban J connectivity index is 1.90. The summed E-state index contributed by atoms with van der Waals surface area (Å²) in [5, 5.41) is 0. The fraction of sp³-hybridized carbons (Fsp3) is 0.368. The van der Waals surface area contributed by atoms with Crippen molar-refractivity contribution >= 4 is 9.84 Å². The molecule has 0 spiro atoms. The van der Waals surface area contributed by atoms with E-state index < -0.39 is 9.84 Å². The number of hydrogen-bond acceptors (Lipinski definition) is 2. The topological polar surface area (TPSA) is 38.6 Å². The second-order valence-electron chi connectivity index (χ2n) is 6.42. The first-order valence-corrected chi connectivity index (χ1v) is 9.90. The largest absolute Gasteiger partial charge is 0.328 e. The molecule has 0 bridgehead atoms. The molecule has 2 aromatic rings. The van der Waals surface area contributed by atoms with Crippen LogP contribution in [0.3, 0.4) is 0 Å². The van der Waals surface area contributed by atoms with Crippen molar-refractivity contribution in [2.75, 3.05) is 18.8 Å². The lowest BCUT2D eigenvalue weighted by Crippen LogP contribution is -3.10.